The van der Waals surface area contributed by atoms with Gasteiger partial charge in [-0.05, 0) is 18.8 Å². The van der Waals surface area contributed by atoms with Crippen molar-refractivity contribution in [2.75, 3.05) is 7.11 Å². The minimum atomic E-state index is -0.761. The molecule has 0 spiro atoms. The first-order chi connectivity index (χ1) is 5.65. The monoisotopic (exact) mass is 234 g/mol. The molecule has 1 aliphatic carbocycles. The third-order valence-corrected chi connectivity index (χ3v) is 2.76. The third kappa shape index (κ3) is 2.59. The van der Waals surface area contributed by atoms with Crippen molar-refractivity contribution in [1.82, 2.24) is 0 Å². The summed E-state index contributed by atoms with van der Waals surface area (Å²) in [6.07, 6.45) is 2.74. The van der Waals surface area contributed by atoms with Crippen molar-refractivity contribution in [3.05, 3.63) is 0 Å². The molecule has 0 aliphatic heterocycles. The van der Waals surface area contributed by atoms with Crippen molar-refractivity contribution in [2.45, 2.75) is 24.1 Å². The summed E-state index contributed by atoms with van der Waals surface area (Å²) in [5.74, 6) is -0.0489. The Bertz CT molecular complexity index is 198. The minimum absolute atomic E-state index is 0.0654. The summed E-state index contributed by atoms with van der Waals surface area (Å²) < 4.78 is 4.43. The molecule has 0 radical (unpaired) electrons. The van der Waals surface area contributed by atoms with Gasteiger partial charge < -0.3 is 4.74 Å². The van der Waals surface area contributed by atoms with Gasteiger partial charge in [0.1, 0.15) is 0 Å². The van der Waals surface area contributed by atoms with Crippen molar-refractivity contribution >= 4 is 27.7 Å². The van der Waals surface area contributed by atoms with E-state index in [-0.39, 0.29) is 5.78 Å². The normalized spacial score (nSPS) is 18.5. The lowest BCUT2D eigenvalue weighted by atomic mass is 10.1. The van der Waals surface area contributed by atoms with Gasteiger partial charge in [-0.1, -0.05) is 15.9 Å². The van der Waals surface area contributed by atoms with Crippen molar-refractivity contribution in [3.63, 3.8) is 0 Å². The van der Waals surface area contributed by atoms with Crippen LogP contribution in [0.4, 0.5) is 0 Å². The zero-order chi connectivity index (χ0) is 9.14. The molecule has 0 amide bonds. The van der Waals surface area contributed by atoms with Crippen LogP contribution in [-0.4, -0.2) is 23.7 Å². The molecule has 0 aromatic heterocycles. The fraction of sp³-hybridized carbons (Fsp3) is 0.750. The van der Waals surface area contributed by atoms with Crippen LogP contribution >= 0.6 is 15.9 Å². The summed E-state index contributed by atoms with van der Waals surface area (Å²) in [6.45, 7) is 0. The molecule has 0 saturated heterocycles. The van der Waals surface area contributed by atoms with Crippen LogP contribution in [0.3, 0.4) is 0 Å². The van der Waals surface area contributed by atoms with Crippen molar-refractivity contribution in [3.8, 4) is 0 Å². The van der Waals surface area contributed by atoms with E-state index in [1.165, 1.54) is 7.11 Å². The van der Waals surface area contributed by atoms with Crippen LogP contribution in [-0.2, 0) is 14.3 Å². The third-order valence-electron chi connectivity index (χ3n) is 1.88. The Morgan fingerprint density at radius 2 is 2.17 bits per heavy atom. The SMILES string of the molecule is COC(=O)C(Br)C(=O)CC1CC1. The van der Waals surface area contributed by atoms with Crippen LogP contribution < -0.4 is 0 Å². The highest BCUT2D eigenvalue weighted by molar-refractivity contribution is 9.10. The number of ether oxygens (including phenoxy) is 1. The van der Waals surface area contributed by atoms with E-state index < -0.39 is 10.8 Å². The lowest BCUT2D eigenvalue weighted by Crippen LogP contribution is -2.25. The Labute approximate surface area is 79.6 Å². The van der Waals surface area contributed by atoms with E-state index in [1.807, 2.05) is 0 Å². The number of hydrogen-bond donors (Lipinski definition) is 0. The molecule has 4 heteroatoms. The Kier molecular flexibility index (Phi) is 3.26. The van der Waals surface area contributed by atoms with Gasteiger partial charge in [-0.3, -0.25) is 9.59 Å². The fourth-order valence-corrected chi connectivity index (χ4v) is 1.32. The van der Waals surface area contributed by atoms with Crippen LogP contribution in [0.1, 0.15) is 19.3 Å². The Balaban J connectivity index is 2.33. The quantitative estimate of drug-likeness (QED) is 0.419. The Morgan fingerprint density at radius 3 is 2.58 bits per heavy atom. The molecule has 3 nitrogen and oxygen atoms in total. The molecular weight excluding hydrogens is 224 g/mol. The van der Waals surface area contributed by atoms with Crippen LogP contribution in [0.15, 0.2) is 0 Å². The maximum absolute atomic E-state index is 11.2. The molecular formula is C8H11BrO3. The van der Waals surface area contributed by atoms with Crippen LogP contribution in [0.25, 0.3) is 0 Å². The van der Waals surface area contributed by atoms with Crippen LogP contribution in [0.2, 0.25) is 0 Å². The first-order valence-electron chi connectivity index (χ1n) is 3.89. The molecule has 1 fully saturated rings. The first-order valence-corrected chi connectivity index (χ1v) is 4.81. The number of hydrogen-bond acceptors (Lipinski definition) is 3. The second-order valence-electron chi connectivity index (χ2n) is 3.00. The smallest absolute Gasteiger partial charge is 0.327 e. The fourth-order valence-electron chi connectivity index (χ4n) is 0.945. The minimum Gasteiger partial charge on any atom is -0.468 e. The van der Waals surface area contributed by atoms with Gasteiger partial charge in [-0.2, -0.15) is 0 Å². The van der Waals surface area contributed by atoms with Crippen molar-refractivity contribution in [1.29, 1.82) is 0 Å². The first kappa shape index (κ1) is 9.71. The van der Waals surface area contributed by atoms with Crippen LogP contribution in [0.5, 0.6) is 0 Å². The summed E-state index contributed by atoms with van der Waals surface area (Å²) in [5.41, 5.74) is 0. The molecule has 1 saturated carbocycles. The zero-order valence-corrected chi connectivity index (χ0v) is 8.46. The topological polar surface area (TPSA) is 43.4 Å². The number of rotatable bonds is 4. The van der Waals surface area contributed by atoms with E-state index in [0.717, 1.165) is 12.8 Å². The largest absolute Gasteiger partial charge is 0.468 e. The van der Waals surface area contributed by atoms with Gasteiger partial charge in [0, 0.05) is 6.42 Å². The maximum atomic E-state index is 11.2. The summed E-state index contributed by atoms with van der Waals surface area (Å²) in [4.78, 5) is 21.4. The number of alkyl halides is 1. The zero-order valence-electron chi connectivity index (χ0n) is 6.88. The van der Waals surface area contributed by atoms with Gasteiger partial charge >= 0.3 is 5.97 Å². The Morgan fingerprint density at radius 1 is 1.58 bits per heavy atom. The number of halogens is 1. The highest BCUT2D eigenvalue weighted by Gasteiger charge is 2.30. The second-order valence-corrected chi connectivity index (χ2v) is 3.92. The molecule has 0 bridgehead atoms. The molecule has 1 rings (SSSR count). The van der Waals surface area contributed by atoms with Crippen molar-refractivity contribution in [2.24, 2.45) is 5.92 Å². The van der Waals surface area contributed by atoms with Crippen molar-refractivity contribution < 1.29 is 14.3 Å². The van der Waals surface area contributed by atoms with Gasteiger partial charge in [0.25, 0.3) is 0 Å². The summed E-state index contributed by atoms with van der Waals surface area (Å²) >= 11 is 3.00. The maximum Gasteiger partial charge on any atom is 0.327 e. The predicted octanol–water partition coefficient (Wildman–Crippen LogP) is 1.29. The number of carbonyl (C=O) groups is 2. The van der Waals surface area contributed by atoms with E-state index in [4.69, 9.17) is 0 Å². The predicted molar refractivity (Wildman–Crippen MR) is 47.1 cm³/mol. The lowest BCUT2D eigenvalue weighted by molar-refractivity contribution is -0.142. The highest BCUT2D eigenvalue weighted by atomic mass is 79.9. The molecule has 0 N–H and O–H groups in total. The molecule has 1 aliphatic rings. The van der Waals surface area contributed by atoms with Gasteiger partial charge in [0.15, 0.2) is 10.6 Å². The molecule has 0 aromatic rings. The molecule has 0 heterocycles. The van der Waals surface area contributed by atoms with Gasteiger partial charge in [-0.15, -0.1) is 0 Å². The van der Waals surface area contributed by atoms with Gasteiger partial charge in [-0.25, -0.2) is 0 Å². The standard InChI is InChI=1S/C8H11BrO3/c1-12-8(11)7(9)6(10)4-5-2-3-5/h5,7H,2-4H2,1H3. The van der Waals surface area contributed by atoms with Gasteiger partial charge in [0.2, 0.25) is 0 Å². The average Bonchev–Trinajstić information content (AvgIpc) is 2.85. The van der Waals surface area contributed by atoms with E-state index in [1.54, 1.807) is 0 Å². The number of methoxy groups -OCH3 is 1. The van der Waals surface area contributed by atoms with E-state index in [2.05, 4.69) is 20.7 Å². The van der Waals surface area contributed by atoms with E-state index >= 15 is 0 Å². The van der Waals surface area contributed by atoms with Crippen LogP contribution in [0, 0.1) is 5.92 Å². The summed E-state index contributed by atoms with van der Waals surface area (Å²) in [7, 11) is 1.28. The van der Waals surface area contributed by atoms with Gasteiger partial charge in [0.05, 0.1) is 7.11 Å². The highest BCUT2D eigenvalue weighted by Crippen LogP contribution is 2.33. The van der Waals surface area contributed by atoms with E-state index in [0.29, 0.717) is 12.3 Å². The number of carbonyl (C=O) groups excluding carboxylic acids is 2. The second kappa shape index (κ2) is 4.03. The van der Waals surface area contributed by atoms with E-state index in [9.17, 15) is 9.59 Å². The average molecular weight is 235 g/mol. The molecule has 1 unspecified atom stereocenters. The molecule has 0 aromatic carbocycles. The number of esters is 1. The number of Topliss-reactive ketones (excluding diaryl/α,β-unsaturated/α-hetero) is 1. The summed E-state index contributed by atoms with van der Waals surface area (Å²) in [6, 6.07) is 0. The molecule has 68 valence electrons. The molecule has 1 atom stereocenters. The lowest BCUT2D eigenvalue weighted by Gasteiger charge is -2.04. The summed E-state index contributed by atoms with van der Waals surface area (Å²) in [5, 5.41) is 0. The Hall–Kier alpha value is -0.380. The number of ketones is 1. The molecule has 12 heavy (non-hydrogen) atoms.